The molecule has 0 atom stereocenters. The predicted octanol–water partition coefficient (Wildman–Crippen LogP) is 3.28. The molecule has 1 amide bonds. The second-order valence-corrected chi connectivity index (χ2v) is 11.2. The van der Waals surface area contributed by atoms with Crippen LogP contribution in [-0.2, 0) is 21.3 Å². The minimum Gasteiger partial charge on any atom is -0.495 e. The van der Waals surface area contributed by atoms with Crippen molar-refractivity contribution in [2.24, 2.45) is 0 Å². The number of nitrogens with zero attached hydrogens (tertiary/aromatic N) is 3. The van der Waals surface area contributed by atoms with Gasteiger partial charge in [-0.25, -0.2) is 5.01 Å². The van der Waals surface area contributed by atoms with E-state index in [0.29, 0.717) is 35.1 Å². The van der Waals surface area contributed by atoms with Gasteiger partial charge >= 0.3 is 0 Å². The summed E-state index contributed by atoms with van der Waals surface area (Å²) in [7, 11) is -1.98. The standard InChI is InChI=1S/C30H31N3O4.CH4O3S.H2O/c1-3-33(32-18-16-31(17-19-32)25-14-7-8-15-27(25)36-2)29(35)20-23-12-9-13-24-26(34)21-28(37-30(23)24)22-10-5-4-6-11-22;1-5(2,3)4;/h4-15,21H,3,16-20H2,1-2H3;1H3,(H,2,3,4);1H2. The van der Waals surface area contributed by atoms with Gasteiger partial charge in [-0.2, -0.15) is 8.42 Å². The summed E-state index contributed by atoms with van der Waals surface area (Å²) in [6.07, 6.45) is 0.867. The van der Waals surface area contributed by atoms with Gasteiger partial charge in [-0.3, -0.25) is 19.2 Å². The van der Waals surface area contributed by atoms with Crippen molar-refractivity contribution < 1.29 is 32.4 Å². The Hall–Kier alpha value is -4.23. The molecule has 0 unspecified atom stereocenters. The van der Waals surface area contributed by atoms with Crippen LogP contribution < -0.4 is 15.1 Å². The number of hydrogen-bond acceptors (Lipinski definition) is 8. The third-order valence-corrected chi connectivity index (χ3v) is 6.85. The highest BCUT2D eigenvalue weighted by molar-refractivity contribution is 7.85. The zero-order valence-corrected chi connectivity index (χ0v) is 25.2. The van der Waals surface area contributed by atoms with Gasteiger partial charge in [-0.05, 0) is 25.1 Å². The molecule has 43 heavy (non-hydrogen) atoms. The Morgan fingerprint density at radius 3 is 2.23 bits per heavy atom. The fourth-order valence-corrected chi connectivity index (χ4v) is 4.98. The highest BCUT2D eigenvalue weighted by Crippen LogP contribution is 2.29. The van der Waals surface area contributed by atoms with Crippen molar-refractivity contribution in [3.8, 4) is 17.1 Å². The van der Waals surface area contributed by atoms with Gasteiger partial charge in [0.15, 0.2) is 5.43 Å². The minimum absolute atomic E-state index is 0. The molecule has 0 spiro atoms. The average Bonchev–Trinajstić information content (AvgIpc) is 2.98. The topological polar surface area (TPSA) is 152 Å². The fourth-order valence-electron chi connectivity index (χ4n) is 4.98. The quantitative estimate of drug-likeness (QED) is 0.310. The molecule has 1 aromatic heterocycles. The summed E-state index contributed by atoms with van der Waals surface area (Å²) in [5, 5.41) is 4.42. The molecule has 12 heteroatoms. The predicted molar refractivity (Wildman–Crippen MR) is 167 cm³/mol. The Morgan fingerprint density at radius 1 is 0.977 bits per heavy atom. The molecule has 1 fully saturated rings. The van der Waals surface area contributed by atoms with Crippen molar-refractivity contribution in [1.82, 2.24) is 10.0 Å². The lowest BCUT2D eigenvalue weighted by atomic mass is 10.1. The van der Waals surface area contributed by atoms with E-state index in [1.54, 1.807) is 13.2 Å². The molecule has 3 N–H and O–H groups in total. The van der Waals surface area contributed by atoms with E-state index >= 15 is 0 Å². The Kier molecular flexibility index (Phi) is 11.4. The number of rotatable bonds is 7. The van der Waals surface area contributed by atoms with Crippen LogP contribution in [0.1, 0.15) is 12.5 Å². The first-order valence-electron chi connectivity index (χ1n) is 13.6. The second-order valence-electron chi connectivity index (χ2n) is 9.77. The third kappa shape index (κ3) is 8.64. The Balaban J connectivity index is 0.000000781. The fraction of sp³-hybridized carbons (Fsp3) is 0.290. The lowest BCUT2D eigenvalue weighted by Crippen LogP contribution is -2.56. The van der Waals surface area contributed by atoms with E-state index in [1.165, 1.54) is 6.07 Å². The van der Waals surface area contributed by atoms with Gasteiger partial charge in [0.1, 0.15) is 17.1 Å². The maximum Gasteiger partial charge on any atom is 0.261 e. The molecular weight excluding hydrogens is 574 g/mol. The van der Waals surface area contributed by atoms with E-state index in [9.17, 15) is 18.0 Å². The van der Waals surface area contributed by atoms with Crippen molar-refractivity contribution >= 4 is 32.7 Å². The van der Waals surface area contributed by atoms with Crippen LogP contribution in [0.4, 0.5) is 5.69 Å². The number of ether oxygens (including phenoxy) is 1. The lowest BCUT2D eigenvalue weighted by Gasteiger charge is -2.41. The van der Waals surface area contributed by atoms with Crippen LogP contribution in [0.5, 0.6) is 5.75 Å². The Morgan fingerprint density at radius 2 is 1.60 bits per heavy atom. The number of benzene rings is 3. The number of fused-ring (bicyclic) bond motifs is 1. The van der Waals surface area contributed by atoms with E-state index in [0.717, 1.165) is 43.2 Å². The number of methoxy groups -OCH3 is 1. The number of para-hydroxylation sites is 3. The molecule has 1 aliphatic heterocycles. The number of amides is 1. The summed E-state index contributed by atoms with van der Waals surface area (Å²) in [5.41, 5.74) is 2.96. The number of carbonyl (C=O) groups excluding carboxylic acids is 1. The van der Waals surface area contributed by atoms with Crippen molar-refractivity contribution in [2.45, 2.75) is 13.3 Å². The average molecular weight is 612 g/mol. The second kappa shape index (κ2) is 14.8. The van der Waals surface area contributed by atoms with Gasteiger partial charge in [0.05, 0.1) is 30.9 Å². The normalized spacial score (nSPS) is 13.4. The summed E-state index contributed by atoms with van der Waals surface area (Å²) in [5.74, 6) is 1.33. The van der Waals surface area contributed by atoms with Crippen LogP contribution in [0.3, 0.4) is 0 Å². The Bertz CT molecular complexity index is 1680. The van der Waals surface area contributed by atoms with Crippen LogP contribution in [0.15, 0.2) is 88.1 Å². The van der Waals surface area contributed by atoms with Crippen molar-refractivity contribution in [3.63, 3.8) is 0 Å². The number of carbonyl (C=O) groups is 1. The number of hydrogen-bond donors (Lipinski definition) is 1. The summed E-state index contributed by atoms with van der Waals surface area (Å²) in [4.78, 5) is 28.7. The molecule has 1 saturated heterocycles. The lowest BCUT2D eigenvalue weighted by molar-refractivity contribution is -0.148. The van der Waals surface area contributed by atoms with Gasteiger partial charge in [0, 0.05) is 49.9 Å². The van der Waals surface area contributed by atoms with Crippen molar-refractivity contribution in [3.05, 3.63) is 94.6 Å². The van der Waals surface area contributed by atoms with Crippen molar-refractivity contribution in [1.29, 1.82) is 0 Å². The van der Waals surface area contributed by atoms with Crippen LogP contribution in [0, 0.1) is 0 Å². The number of piperazine rings is 1. The molecule has 0 bridgehead atoms. The number of anilines is 1. The maximum atomic E-state index is 13.5. The van der Waals surface area contributed by atoms with E-state index in [1.807, 2.05) is 72.6 Å². The molecule has 0 radical (unpaired) electrons. The first-order chi connectivity index (χ1) is 20.1. The molecular formula is C31H37N3O8S. The monoisotopic (exact) mass is 611 g/mol. The number of likely N-dealkylation sites (N-methyl/N-ethyl adjacent to an activating group) is 1. The van der Waals surface area contributed by atoms with Gasteiger partial charge in [0.2, 0.25) is 5.91 Å². The highest BCUT2D eigenvalue weighted by atomic mass is 32.2. The summed E-state index contributed by atoms with van der Waals surface area (Å²) in [6, 6.07) is 24.5. The van der Waals surface area contributed by atoms with E-state index in [2.05, 4.69) is 16.0 Å². The first-order valence-corrected chi connectivity index (χ1v) is 15.4. The largest absolute Gasteiger partial charge is 0.495 e. The smallest absolute Gasteiger partial charge is 0.261 e. The van der Waals surface area contributed by atoms with E-state index in [-0.39, 0.29) is 23.2 Å². The number of hydrazine groups is 1. The van der Waals surface area contributed by atoms with Crippen LogP contribution >= 0.6 is 0 Å². The molecule has 230 valence electrons. The molecule has 5 rings (SSSR count). The van der Waals surface area contributed by atoms with Gasteiger partial charge in [0.25, 0.3) is 10.1 Å². The Labute approximate surface area is 250 Å². The van der Waals surface area contributed by atoms with E-state index in [4.69, 9.17) is 13.7 Å². The zero-order valence-electron chi connectivity index (χ0n) is 24.4. The van der Waals surface area contributed by atoms with Crippen molar-refractivity contribution in [2.75, 3.05) is 51.0 Å². The summed E-state index contributed by atoms with van der Waals surface area (Å²) < 4.78 is 37.6. The van der Waals surface area contributed by atoms with E-state index < -0.39 is 10.1 Å². The minimum atomic E-state index is -3.67. The molecule has 0 saturated carbocycles. The maximum absolute atomic E-state index is 13.5. The molecule has 11 nitrogen and oxygen atoms in total. The van der Waals surface area contributed by atoms with Crippen LogP contribution in [0.25, 0.3) is 22.3 Å². The molecule has 4 aromatic rings. The molecule has 3 aromatic carbocycles. The zero-order chi connectivity index (χ0) is 30.3. The van der Waals surface area contributed by atoms with Gasteiger partial charge in [-0.15, -0.1) is 0 Å². The molecule has 0 aliphatic carbocycles. The van der Waals surface area contributed by atoms with Crippen LogP contribution in [-0.4, -0.2) is 80.5 Å². The molecule has 1 aliphatic rings. The SMILES string of the molecule is CCN(C(=O)Cc1cccc2c(=O)cc(-c3ccccc3)oc12)N1CCN(c2ccccc2OC)CC1.CS(=O)(=O)O.O. The summed E-state index contributed by atoms with van der Waals surface area (Å²) in [6.45, 7) is 5.57. The summed E-state index contributed by atoms with van der Waals surface area (Å²) >= 11 is 0. The van der Waals surface area contributed by atoms with Crippen LogP contribution in [0.2, 0.25) is 0 Å². The molecule has 2 heterocycles. The van der Waals surface area contributed by atoms with Gasteiger partial charge in [-0.1, -0.05) is 54.6 Å². The highest BCUT2D eigenvalue weighted by Gasteiger charge is 2.26. The third-order valence-electron chi connectivity index (χ3n) is 6.85. The first kappa shape index (κ1) is 33.3. The van der Waals surface area contributed by atoms with Gasteiger partial charge < -0.3 is 19.5 Å².